The third kappa shape index (κ3) is 3.34. The summed E-state index contributed by atoms with van der Waals surface area (Å²) in [6.07, 6.45) is 0.712. The summed E-state index contributed by atoms with van der Waals surface area (Å²) in [6.45, 7) is 0. The summed E-state index contributed by atoms with van der Waals surface area (Å²) < 4.78 is 10.6. The molecular formula is C8H10ClNOS. The highest BCUT2D eigenvalue weighted by atomic mass is 35.5. The summed E-state index contributed by atoms with van der Waals surface area (Å²) in [6, 6.07) is 7.48. The predicted molar refractivity (Wildman–Crippen MR) is 52.4 cm³/mol. The molecule has 0 spiro atoms. The van der Waals surface area contributed by atoms with E-state index in [0.717, 1.165) is 5.56 Å². The van der Waals surface area contributed by atoms with Crippen molar-refractivity contribution < 1.29 is 4.21 Å². The molecular weight excluding hydrogens is 194 g/mol. The van der Waals surface area contributed by atoms with E-state index < -0.39 is 11.0 Å². The first-order valence-corrected chi connectivity index (χ1v) is 5.31. The summed E-state index contributed by atoms with van der Waals surface area (Å²) in [7, 11) is -1.22. The van der Waals surface area contributed by atoms with Crippen molar-refractivity contribution in [3.05, 3.63) is 34.9 Å². The zero-order chi connectivity index (χ0) is 8.97. The Bertz CT molecular complexity index is 290. The van der Waals surface area contributed by atoms with E-state index in [0.29, 0.717) is 17.2 Å². The number of nitrogens with two attached hydrogens (primary N) is 1. The zero-order valence-electron chi connectivity index (χ0n) is 6.50. The van der Waals surface area contributed by atoms with E-state index in [1.165, 1.54) is 0 Å². The molecule has 1 aromatic carbocycles. The molecule has 0 unspecified atom stereocenters. The third-order valence-electron chi connectivity index (χ3n) is 1.48. The number of hydrogen-bond donors (Lipinski definition) is 1. The Morgan fingerprint density at radius 3 is 2.83 bits per heavy atom. The summed E-state index contributed by atoms with van der Waals surface area (Å²) in [5.74, 6) is 0.486. The minimum atomic E-state index is -1.22. The van der Waals surface area contributed by atoms with Crippen molar-refractivity contribution in [3.8, 4) is 0 Å². The highest BCUT2D eigenvalue weighted by Crippen LogP contribution is 2.10. The second-order valence-corrected chi connectivity index (χ2v) is 4.07. The molecule has 2 N–H and O–H groups in total. The molecule has 0 amide bonds. The zero-order valence-corrected chi connectivity index (χ0v) is 8.07. The van der Waals surface area contributed by atoms with E-state index in [4.69, 9.17) is 16.7 Å². The van der Waals surface area contributed by atoms with Gasteiger partial charge in [0, 0.05) is 10.8 Å². The van der Waals surface area contributed by atoms with Crippen LogP contribution in [0.25, 0.3) is 0 Å². The Morgan fingerprint density at radius 1 is 1.50 bits per heavy atom. The van der Waals surface area contributed by atoms with Gasteiger partial charge in [0.15, 0.2) is 0 Å². The van der Waals surface area contributed by atoms with Crippen molar-refractivity contribution >= 4 is 22.6 Å². The van der Waals surface area contributed by atoms with Gasteiger partial charge in [0.2, 0.25) is 0 Å². The second kappa shape index (κ2) is 4.60. The van der Waals surface area contributed by atoms with Crippen molar-refractivity contribution in [3.63, 3.8) is 0 Å². The smallest absolute Gasteiger partial charge is 0.0891 e. The summed E-state index contributed by atoms with van der Waals surface area (Å²) >= 11 is 5.75. The van der Waals surface area contributed by atoms with Crippen LogP contribution in [0.5, 0.6) is 0 Å². The summed E-state index contributed by atoms with van der Waals surface area (Å²) in [5, 5.41) is 5.82. The van der Waals surface area contributed by atoms with Gasteiger partial charge in [-0.15, -0.1) is 0 Å². The van der Waals surface area contributed by atoms with Crippen LogP contribution in [0, 0.1) is 0 Å². The molecule has 0 aliphatic rings. The van der Waals surface area contributed by atoms with E-state index in [-0.39, 0.29) is 0 Å². The molecule has 0 aliphatic heterocycles. The highest BCUT2D eigenvalue weighted by molar-refractivity contribution is 7.82. The Kier molecular flexibility index (Phi) is 3.72. The monoisotopic (exact) mass is 203 g/mol. The van der Waals surface area contributed by atoms with Gasteiger partial charge in [-0.1, -0.05) is 23.7 Å². The quantitative estimate of drug-likeness (QED) is 0.795. The summed E-state index contributed by atoms with van der Waals surface area (Å²) in [5.41, 5.74) is 1.07. The van der Waals surface area contributed by atoms with Gasteiger partial charge >= 0.3 is 0 Å². The lowest BCUT2D eigenvalue weighted by Gasteiger charge is -1.98. The van der Waals surface area contributed by atoms with Gasteiger partial charge in [0.25, 0.3) is 0 Å². The fourth-order valence-electron chi connectivity index (χ4n) is 0.911. The average molecular weight is 204 g/mol. The SMILES string of the molecule is N[S@](=O)CCc1cccc(Cl)c1. The molecule has 0 bridgehead atoms. The van der Waals surface area contributed by atoms with Crippen LogP contribution in [0.2, 0.25) is 5.02 Å². The van der Waals surface area contributed by atoms with E-state index in [9.17, 15) is 4.21 Å². The number of rotatable bonds is 3. The van der Waals surface area contributed by atoms with Crippen LogP contribution >= 0.6 is 11.6 Å². The molecule has 66 valence electrons. The number of benzene rings is 1. The summed E-state index contributed by atoms with van der Waals surface area (Å²) in [4.78, 5) is 0. The molecule has 12 heavy (non-hydrogen) atoms. The Balaban J connectivity index is 2.57. The third-order valence-corrected chi connectivity index (χ3v) is 2.32. The maximum atomic E-state index is 10.6. The van der Waals surface area contributed by atoms with E-state index in [1.807, 2.05) is 24.3 Å². The van der Waals surface area contributed by atoms with Crippen molar-refractivity contribution in [2.75, 3.05) is 5.75 Å². The first-order valence-electron chi connectivity index (χ1n) is 3.55. The minimum absolute atomic E-state index is 0.486. The maximum absolute atomic E-state index is 10.6. The maximum Gasteiger partial charge on any atom is 0.0891 e. The van der Waals surface area contributed by atoms with Crippen molar-refractivity contribution in [1.82, 2.24) is 0 Å². The van der Waals surface area contributed by atoms with Gasteiger partial charge in [-0.25, -0.2) is 4.21 Å². The number of halogens is 1. The van der Waals surface area contributed by atoms with E-state index in [2.05, 4.69) is 0 Å². The van der Waals surface area contributed by atoms with Crippen LogP contribution in [-0.2, 0) is 17.4 Å². The average Bonchev–Trinajstić information content (AvgIpc) is 2.01. The van der Waals surface area contributed by atoms with E-state index in [1.54, 1.807) is 0 Å². The fraction of sp³-hybridized carbons (Fsp3) is 0.250. The van der Waals surface area contributed by atoms with Crippen LogP contribution in [0.15, 0.2) is 24.3 Å². The van der Waals surface area contributed by atoms with Gasteiger partial charge in [-0.2, -0.15) is 0 Å². The first-order chi connectivity index (χ1) is 5.68. The molecule has 0 aromatic heterocycles. The van der Waals surface area contributed by atoms with Crippen LogP contribution in [0.1, 0.15) is 5.56 Å². The molecule has 1 rings (SSSR count). The van der Waals surface area contributed by atoms with Crippen LogP contribution in [-0.4, -0.2) is 9.96 Å². The van der Waals surface area contributed by atoms with Gasteiger partial charge in [-0.05, 0) is 24.1 Å². The van der Waals surface area contributed by atoms with Crippen molar-refractivity contribution in [2.45, 2.75) is 6.42 Å². The number of hydrogen-bond acceptors (Lipinski definition) is 1. The minimum Gasteiger partial charge on any atom is -0.252 e. The predicted octanol–water partition coefficient (Wildman–Crippen LogP) is 1.50. The van der Waals surface area contributed by atoms with Crippen LogP contribution < -0.4 is 5.14 Å². The topological polar surface area (TPSA) is 43.1 Å². The lowest BCUT2D eigenvalue weighted by atomic mass is 10.2. The highest BCUT2D eigenvalue weighted by Gasteiger charge is 1.96. The molecule has 0 aliphatic carbocycles. The second-order valence-electron chi connectivity index (χ2n) is 2.46. The van der Waals surface area contributed by atoms with Crippen molar-refractivity contribution in [2.24, 2.45) is 5.14 Å². The first kappa shape index (κ1) is 9.71. The fourth-order valence-corrected chi connectivity index (χ4v) is 1.56. The lowest BCUT2D eigenvalue weighted by molar-refractivity contribution is 0.683. The Hall–Kier alpha value is -0.380. The molecule has 0 saturated heterocycles. The molecule has 1 atom stereocenters. The molecule has 0 saturated carbocycles. The Labute approximate surface area is 79.3 Å². The lowest BCUT2D eigenvalue weighted by Crippen LogP contribution is -2.09. The Morgan fingerprint density at radius 2 is 2.25 bits per heavy atom. The van der Waals surface area contributed by atoms with Gasteiger partial charge in [-0.3, -0.25) is 5.14 Å². The molecule has 0 fully saturated rings. The van der Waals surface area contributed by atoms with Gasteiger partial charge in [0.05, 0.1) is 11.0 Å². The molecule has 4 heteroatoms. The molecule has 0 heterocycles. The van der Waals surface area contributed by atoms with Crippen molar-refractivity contribution in [1.29, 1.82) is 0 Å². The normalized spacial score (nSPS) is 12.8. The van der Waals surface area contributed by atoms with Crippen LogP contribution in [0.4, 0.5) is 0 Å². The van der Waals surface area contributed by atoms with Gasteiger partial charge < -0.3 is 0 Å². The largest absolute Gasteiger partial charge is 0.252 e. The van der Waals surface area contributed by atoms with E-state index >= 15 is 0 Å². The molecule has 0 radical (unpaired) electrons. The molecule has 1 aromatic rings. The standard InChI is InChI=1S/C8H10ClNOS/c9-8-3-1-2-7(6-8)4-5-12(10)11/h1-3,6H,4-5,10H2/t12-/m1/s1. The number of aryl methyl sites for hydroxylation is 1. The van der Waals surface area contributed by atoms with Gasteiger partial charge in [0.1, 0.15) is 0 Å². The van der Waals surface area contributed by atoms with Crippen LogP contribution in [0.3, 0.4) is 0 Å². The molecule has 2 nitrogen and oxygen atoms in total.